The third-order valence-electron chi connectivity index (χ3n) is 4.44. The van der Waals surface area contributed by atoms with Crippen LogP contribution in [-0.2, 0) is 0 Å². The maximum Gasteiger partial charge on any atom is 0.247 e. The van der Waals surface area contributed by atoms with Gasteiger partial charge in [-0.1, -0.05) is 12.1 Å². The van der Waals surface area contributed by atoms with E-state index in [4.69, 9.17) is 0 Å². The van der Waals surface area contributed by atoms with E-state index >= 15 is 0 Å². The molecule has 0 aliphatic carbocycles. The fourth-order valence-corrected chi connectivity index (χ4v) is 3.01. The van der Waals surface area contributed by atoms with E-state index in [2.05, 4.69) is 25.4 Å². The maximum atomic E-state index is 13.8. The average Bonchev–Trinajstić information content (AvgIpc) is 2.71. The fraction of sp³-hybridized carbons (Fsp3) is 0.211. The lowest BCUT2D eigenvalue weighted by Crippen LogP contribution is -2.47. The average molecular weight is 368 g/mol. The molecule has 0 unspecified atom stereocenters. The molecule has 0 amide bonds. The van der Waals surface area contributed by atoms with Crippen LogP contribution >= 0.6 is 0 Å². The minimum absolute atomic E-state index is 0.240. The summed E-state index contributed by atoms with van der Waals surface area (Å²) in [6.45, 7) is 2.95. The van der Waals surface area contributed by atoms with E-state index in [1.54, 1.807) is 30.3 Å². The van der Waals surface area contributed by atoms with E-state index in [0.29, 0.717) is 30.5 Å². The van der Waals surface area contributed by atoms with Gasteiger partial charge in [0.1, 0.15) is 11.6 Å². The zero-order chi connectivity index (χ0) is 18.6. The fourth-order valence-electron chi connectivity index (χ4n) is 3.01. The van der Waals surface area contributed by atoms with Gasteiger partial charge in [0.2, 0.25) is 5.95 Å². The predicted molar refractivity (Wildman–Crippen MR) is 100 cm³/mol. The molecule has 27 heavy (non-hydrogen) atoms. The Morgan fingerprint density at radius 1 is 0.852 bits per heavy atom. The van der Waals surface area contributed by atoms with Gasteiger partial charge in [-0.25, -0.2) is 8.78 Å². The zero-order valence-electron chi connectivity index (χ0n) is 14.5. The molecule has 1 aromatic heterocycles. The molecule has 0 atom stereocenters. The number of hydrogen-bond acceptors (Lipinski definition) is 6. The number of para-hydroxylation sites is 1. The number of nitrogens with one attached hydrogen (secondary N) is 1. The first-order chi connectivity index (χ1) is 13.2. The first kappa shape index (κ1) is 17.1. The third-order valence-corrected chi connectivity index (χ3v) is 4.44. The summed E-state index contributed by atoms with van der Waals surface area (Å²) in [7, 11) is 0. The molecule has 4 rings (SSSR count). The van der Waals surface area contributed by atoms with Crippen molar-refractivity contribution in [3.8, 4) is 0 Å². The summed E-state index contributed by atoms with van der Waals surface area (Å²) in [5, 5.41) is 11.0. The molecular formula is C19H18F2N6. The van der Waals surface area contributed by atoms with E-state index in [1.165, 1.54) is 24.4 Å². The molecular weight excluding hydrogens is 350 g/mol. The van der Waals surface area contributed by atoms with Crippen LogP contribution < -0.4 is 15.1 Å². The number of rotatable bonds is 4. The number of hydrogen-bond donors (Lipinski definition) is 1. The smallest absolute Gasteiger partial charge is 0.247 e. The van der Waals surface area contributed by atoms with E-state index in [9.17, 15) is 8.78 Å². The van der Waals surface area contributed by atoms with E-state index in [1.807, 2.05) is 4.90 Å². The van der Waals surface area contributed by atoms with Crippen LogP contribution in [0.1, 0.15) is 0 Å². The van der Waals surface area contributed by atoms with Crippen LogP contribution in [0.5, 0.6) is 0 Å². The highest BCUT2D eigenvalue weighted by Gasteiger charge is 2.20. The van der Waals surface area contributed by atoms with E-state index in [-0.39, 0.29) is 11.6 Å². The van der Waals surface area contributed by atoms with Crippen molar-refractivity contribution in [1.82, 2.24) is 15.2 Å². The summed E-state index contributed by atoms with van der Waals surface area (Å²) in [5.74, 6) is 0.336. The highest BCUT2D eigenvalue weighted by atomic mass is 19.1. The van der Waals surface area contributed by atoms with Crippen molar-refractivity contribution in [1.29, 1.82) is 0 Å². The van der Waals surface area contributed by atoms with Gasteiger partial charge in [-0.3, -0.25) is 0 Å². The van der Waals surface area contributed by atoms with Crippen LogP contribution in [0.2, 0.25) is 0 Å². The Kier molecular flexibility index (Phi) is 4.78. The Labute approximate surface area is 155 Å². The lowest BCUT2D eigenvalue weighted by atomic mass is 10.2. The number of benzene rings is 2. The molecule has 6 nitrogen and oxygen atoms in total. The lowest BCUT2D eigenvalue weighted by Gasteiger charge is -2.35. The molecule has 1 fully saturated rings. The van der Waals surface area contributed by atoms with E-state index < -0.39 is 0 Å². The SMILES string of the molecule is Fc1ccc(N2CCN(c3nncc(Nc4ccccc4F)n3)CC2)cc1. The Hall–Kier alpha value is -3.29. The first-order valence-electron chi connectivity index (χ1n) is 8.66. The van der Waals surface area contributed by atoms with Crippen LogP contribution in [0.15, 0.2) is 54.7 Å². The number of anilines is 4. The molecule has 1 aliphatic heterocycles. The largest absolute Gasteiger partial charge is 0.368 e. The highest BCUT2D eigenvalue weighted by Crippen LogP contribution is 2.21. The van der Waals surface area contributed by atoms with Gasteiger partial charge in [-0.15, -0.1) is 5.10 Å². The zero-order valence-corrected chi connectivity index (χ0v) is 14.5. The molecule has 0 spiro atoms. The lowest BCUT2D eigenvalue weighted by molar-refractivity contribution is 0.621. The van der Waals surface area contributed by atoms with Crippen molar-refractivity contribution in [2.45, 2.75) is 0 Å². The molecule has 3 aromatic rings. The maximum absolute atomic E-state index is 13.8. The van der Waals surface area contributed by atoms with Crippen molar-refractivity contribution >= 4 is 23.1 Å². The van der Waals surface area contributed by atoms with Crippen LogP contribution in [0, 0.1) is 11.6 Å². The second-order valence-corrected chi connectivity index (χ2v) is 6.20. The molecule has 2 aromatic carbocycles. The Morgan fingerprint density at radius 3 is 2.30 bits per heavy atom. The van der Waals surface area contributed by atoms with Gasteiger partial charge in [0.05, 0.1) is 11.9 Å². The van der Waals surface area contributed by atoms with Crippen LogP contribution in [0.4, 0.5) is 31.9 Å². The third kappa shape index (κ3) is 3.94. The summed E-state index contributed by atoms with van der Waals surface area (Å²) in [6, 6.07) is 12.9. The van der Waals surface area contributed by atoms with Crippen LogP contribution in [0.25, 0.3) is 0 Å². The molecule has 1 N–H and O–H groups in total. The minimum atomic E-state index is -0.356. The molecule has 2 heterocycles. The first-order valence-corrected chi connectivity index (χ1v) is 8.66. The Bertz CT molecular complexity index is 910. The summed E-state index contributed by atoms with van der Waals surface area (Å²) >= 11 is 0. The van der Waals surface area contributed by atoms with Gasteiger partial charge < -0.3 is 15.1 Å². The summed E-state index contributed by atoms with van der Waals surface area (Å²) in [6.07, 6.45) is 1.46. The van der Waals surface area contributed by atoms with Crippen molar-refractivity contribution in [2.24, 2.45) is 0 Å². The van der Waals surface area contributed by atoms with Crippen LogP contribution in [-0.4, -0.2) is 41.4 Å². The summed E-state index contributed by atoms with van der Waals surface area (Å²) in [5.41, 5.74) is 1.33. The van der Waals surface area contributed by atoms with Crippen LogP contribution in [0.3, 0.4) is 0 Å². The summed E-state index contributed by atoms with van der Waals surface area (Å²) in [4.78, 5) is 8.66. The molecule has 0 radical (unpaired) electrons. The Balaban J connectivity index is 1.43. The summed E-state index contributed by atoms with van der Waals surface area (Å²) < 4.78 is 26.9. The second kappa shape index (κ2) is 7.53. The number of nitrogens with zero attached hydrogens (tertiary/aromatic N) is 5. The number of halogens is 2. The molecule has 0 saturated carbocycles. The molecule has 138 valence electrons. The monoisotopic (exact) mass is 368 g/mol. The molecule has 1 saturated heterocycles. The van der Waals surface area contributed by atoms with Gasteiger partial charge in [0.15, 0.2) is 5.82 Å². The predicted octanol–water partition coefficient (Wildman–Crippen LogP) is 3.22. The van der Waals surface area contributed by atoms with Gasteiger partial charge in [-0.2, -0.15) is 10.1 Å². The minimum Gasteiger partial charge on any atom is -0.368 e. The number of piperazine rings is 1. The standard InChI is InChI=1S/C19H18F2N6/c20-14-5-7-15(8-6-14)26-9-11-27(12-10-26)19-24-18(13-22-25-19)23-17-4-2-1-3-16(17)21/h1-8,13H,9-12H2,(H,23,24,25). The van der Waals surface area contributed by atoms with Gasteiger partial charge in [-0.05, 0) is 36.4 Å². The quantitative estimate of drug-likeness (QED) is 0.763. The van der Waals surface area contributed by atoms with Crippen molar-refractivity contribution in [2.75, 3.05) is 41.3 Å². The molecule has 0 bridgehead atoms. The van der Waals surface area contributed by atoms with E-state index in [0.717, 1.165) is 18.8 Å². The van der Waals surface area contributed by atoms with Crippen molar-refractivity contribution < 1.29 is 8.78 Å². The van der Waals surface area contributed by atoms with Gasteiger partial charge in [0, 0.05) is 31.9 Å². The van der Waals surface area contributed by atoms with Crippen molar-refractivity contribution in [3.05, 3.63) is 66.4 Å². The normalized spacial score (nSPS) is 14.3. The number of aromatic nitrogens is 3. The molecule has 8 heteroatoms. The van der Waals surface area contributed by atoms with Gasteiger partial charge >= 0.3 is 0 Å². The van der Waals surface area contributed by atoms with Crippen molar-refractivity contribution in [3.63, 3.8) is 0 Å². The topological polar surface area (TPSA) is 57.2 Å². The Morgan fingerprint density at radius 2 is 1.56 bits per heavy atom. The molecule has 1 aliphatic rings. The second-order valence-electron chi connectivity index (χ2n) is 6.20. The highest BCUT2D eigenvalue weighted by molar-refractivity contribution is 5.57. The van der Waals surface area contributed by atoms with Gasteiger partial charge in [0.25, 0.3) is 0 Å².